The van der Waals surface area contributed by atoms with E-state index in [1.54, 1.807) is 0 Å². The van der Waals surface area contributed by atoms with E-state index in [4.69, 9.17) is 4.74 Å². The zero-order valence-corrected chi connectivity index (χ0v) is 12.6. The van der Waals surface area contributed by atoms with Gasteiger partial charge in [0.1, 0.15) is 17.9 Å². The van der Waals surface area contributed by atoms with Crippen LogP contribution < -0.4 is 10.1 Å². The number of likely N-dealkylation sites (N-methyl/N-ethyl adjacent to an activating group) is 1. The Morgan fingerprint density at radius 1 is 1.26 bits per heavy atom. The molecule has 1 N–H and O–H groups in total. The minimum absolute atomic E-state index is 0.0968. The molecule has 0 bridgehead atoms. The van der Waals surface area contributed by atoms with Gasteiger partial charge in [0.2, 0.25) is 0 Å². The summed E-state index contributed by atoms with van der Waals surface area (Å²) in [6, 6.07) is 10.3. The maximum atomic E-state index is 9.19. The third-order valence-electron chi connectivity index (χ3n) is 3.04. The molecule has 19 heavy (non-hydrogen) atoms. The van der Waals surface area contributed by atoms with Gasteiger partial charge in [-0.3, -0.25) is 5.32 Å². The highest BCUT2D eigenvalue weighted by Gasteiger charge is 2.23. The molecule has 0 amide bonds. The SMILES string of the molecule is CCNC(C)(C#N)COc1cccc(C(C)(C)C)c1. The van der Waals surface area contributed by atoms with Gasteiger partial charge in [-0.15, -0.1) is 0 Å². The molecule has 3 heteroatoms. The van der Waals surface area contributed by atoms with Gasteiger partial charge >= 0.3 is 0 Å². The van der Waals surface area contributed by atoms with Gasteiger partial charge in [-0.2, -0.15) is 5.26 Å². The normalized spacial score (nSPS) is 14.5. The van der Waals surface area contributed by atoms with Crippen molar-refractivity contribution >= 4 is 0 Å². The number of ether oxygens (including phenoxy) is 1. The Morgan fingerprint density at radius 3 is 2.47 bits per heavy atom. The Bertz CT molecular complexity index is 457. The van der Waals surface area contributed by atoms with Gasteiger partial charge in [-0.1, -0.05) is 39.8 Å². The Labute approximate surface area is 116 Å². The first kappa shape index (κ1) is 15.5. The van der Waals surface area contributed by atoms with E-state index in [0.29, 0.717) is 6.61 Å². The van der Waals surface area contributed by atoms with Gasteiger partial charge in [-0.05, 0) is 36.6 Å². The van der Waals surface area contributed by atoms with Crippen molar-refractivity contribution in [2.45, 2.75) is 45.6 Å². The Morgan fingerprint density at radius 2 is 1.95 bits per heavy atom. The molecule has 1 aromatic carbocycles. The van der Waals surface area contributed by atoms with Crippen molar-refractivity contribution in [3.05, 3.63) is 29.8 Å². The first-order valence-electron chi connectivity index (χ1n) is 6.70. The van der Waals surface area contributed by atoms with E-state index in [0.717, 1.165) is 12.3 Å². The van der Waals surface area contributed by atoms with E-state index in [-0.39, 0.29) is 5.41 Å². The van der Waals surface area contributed by atoms with E-state index in [1.165, 1.54) is 5.56 Å². The minimum atomic E-state index is -0.646. The molecule has 0 radical (unpaired) electrons. The fourth-order valence-corrected chi connectivity index (χ4v) is 1.79. The van der Waals surface area contributed by atoms with Gasteiger partial charge in [-0.25, -0.2) is 0 Å². The van der Waals surface area contributed by atoms with E-state index in [2.05, 4.69) is 38.2 Å². The molecule has 0 aliphatic carbocycles. The fraction of sp³-hybridized carbons (Fsp3) is 0.562. The number of nitriles is 1. The van der Waals surface area contributed by atoms with Crippen LogP contribution in [-0.4, -0.2) is 18.7 Å². The van der Waals surface area contributed by atoms with Crippen LogP contribution in [0, 0.1) is 11.3 Å². The molecule has 0 aromatic heterocycles. The Balaban J connectivity index is 2.76. The summed E-state index contributed by atoms with van der Waals surface area (Å²) in [5, 5.41) is 12.3. The quantitative estimate of drug-likeness (QED) is 0.884. The van der Waals surface area contributed by atoms with Gasteiger partial charge < -0.3 is 4.74 Å². The number of benzene rings is 1. The van der Waals surface area contributed by atoms with Crippen molar-refractivity contribution in [1.82, 2.24) is 5.32 Å². The van der Waals surface area contributed by atoms with Crippen molar-refractivity contribution in [3.8, 4) is 11.8 Å². The second-order valence-corrected chi connectivity index (χ2v) is 6.04. The van der Waals surface area contributed by atoms with Crippen LogP contribution in [0.5, 0.6) is 5.75 Å². The van der Waals surface area contributed by atoms with Crippen LogP contribution in [0.25, 0.3) is 0 Å². The van der Waals surface area contributed by atoms with Crippen molar-refractivity contribution in [2.24, 2.45) is 0 Å². The molecule has 0 spiro atoms. The molecule has 1 aromatic rings. The lowest BCUT2D eigenvalue weighted by Gasteiger charge is -2.24. The maximum absolute atomic E-state index is 9.19. The Kier molecular flexibility index (Phi) is 4.97. The van der Waals surface area contributed by atoms with Gasteiger partial charge in [0.05, 0.1) is 6.07 Å². The van der Waals surface area contributed by atoms with Crippen LogP contribution in [0.3, 0.4) is 0 Å². The second kappa shape index (κ2) is 6.08. The molecule has 0 aliphatic heterocycles. The summed E-state index contributed by atoms with van der Waals surface area (Å²) in [6.07, 6.45) is 0. The number of nitrogens with zero attached hydrogens (tertiary/aromatic N) is 1. The topological polar surface area (TPSA) is 45.0 Å². The van der Waals surface area contributed by atoms with Gasteiger partial charge in [0, 0.05) is 0 Å². The van der Waals surface area contributed by atoms with E-state index >= 15 is 0 Å². The fourth-order valence-electron chi connectivity index (χ4n) is 1.79. The average molecular weight is 260 g/mol. The monoisotopic (exact) mass is 260 g/mol. The zero-order valence-electron chi connectivity index (χ0n) is 12.6. The molecule has 0 saturated carbocycles. The van der Waals surface area contributed by atoms with Crippen LogP contribution in [-0.2, 0) is 5.41 Å². The average Bonchev–Trinajstić information content (AvgIpc) is 2.36. The molecule has 3 nitrogen and oxygen atoms in total. The third-order valence-corrected chi connectivity index (χ3v) is 3.04. The lowest BCUT2D eigenvalue weighted by Crippen LogP contribution is -2.46. The predicted octanol–water partition coefficient (Wildman–Crippen LogP) is 3.25. The maximum Gasteiger partial charge on any atom is 0.138 e. The smallest absolute Gasteiger partial charge is 0.138 e. The summed E-state index contributed by atoms with van der Waals surface area (Å²) in [7, 11) is 0. The van der Waals surface area contributed by atoms with Crippen molar-refractivity contribution in [1.29, 1.82) is 5.26 Å². The first-order chi connectivity index (χ1) is 8.80. The van der Waals surface area contributed by atoms with Crippen LogP contribution in [0.2, 0.25) is 0 Å². The van der Waals surface area contributed by atoms with Gasteiger partial charge in [0.15, 0.2) is 0 Å². The van der Waals surface area contributed by atoms with E-state index in [1.807, 2.05) is 32.0 Å². The second-order valence-electron chi connectivity index (χ2n) is 6.04. The first-order valence-corrected chi connectivity index (χ1v) is 6.70. The van der Waals surface area contributed by atoms with Gasteiger partial charge in [0.25, 0.3) is 0 Å². The summed E-state index contributed by atoms with van der Waals surface area (Å²) in [5.74, 6) is 0.812. The van der Waals surface area contributed by atoms with E-state index in [9.17, 15) is 5.26 Å². The summed E-state index contributed by atoms with van der Waals surface area (Å²) in [6.45, 7) is 11.4. The van der Waals surface area contributed by atoms with Crippen LogP contribution in [0.4, 0.5) is 0 Å². The summed E-state index contributed by atoms with van der Waals surface area (Å²) in [5.41, 5.74) is 0.679. The molecule has 0 saturated heterocycles. The molecule has 1 atom stereocenters. The number of hydrogen-bond acceptors (Lipinski definition) is 3. The summed E-state index contributed by atoms with van der Waals surface area (Å²) in [4.78, 5) is 0. The van der Waals surface area contributed by atoms with Crippen LogP contribution >= 0.6 is 0 Å². The van der Waals surface area contributed by atoms with Crippen molar-refractivity contribution in [2.75, 3.05) is 13.2 Å². The van der Waals surface area contributed by atoms with E-state index < -0.39 is 5.54 Å². The number of nitrogens with one attached hydrogen (secondary N) is 1. The molecule has 1 unspecified atom stereocenters. The zero-order chi connectivity index (χ0) is 14.5. The summed E-state index contributed by atoms with van der Waals surface area (Å²) < 4.78 is 5.77. The largest absolute Gasteiger partial charge is 0.491 e. The van der Waals surface area contributed by atoms with Crippen molar-refractivity contribution in [3.63, 3.8) is 0 Å². The Hall–Kier alpha value is -1.53. The van der Waals surface area contributed by atoms with Crippen molar-refractivity contribution < 1.29 is 4.74 Å². The minimum Gasteiger partial charge on any atom is -0.491 e. The lowest BCUT2D eigenvalue weighted by molar-refractivity contribution is 0.236. The molecular weight excluding hydrogens is 236 g/mol. The molecule has 1 rings (SSSR count). The molecular formula is C16H24N2O. The standard InChI is InChI=1S/C16H24N2O/c1-6-18-16(5,11-17)12-19-14-9-7-8-13(10-14)15(2,3)4/h7-10,18H,6,12H2,1-5H3. The van der Waals surface area contributed by atoms with Crippen LogP contribution in [0.1, 0.15) is 40.2 Å². The molecule has 0 heterocycles. The highest BCUT2D eigenvalue weighted by atomic mass is 16.5. The summed E-state index contributed by atoms with van der Waals surface area (Å²) >= 11 is 0. The number of rotatable bonds is 5. The predicted molar refractivity (Wildman–Crippen MR) is 78.3 cm³/mol. The lowest BCUT2D eigenvalue weighted by atomic mass is 9.87. The molecule has 0 aliphatic rings. The third kappa shape index (κ3) is 4.57. The number of hydrogen-bond donors (Lipinski definition) is 1. The van der Waals surface area contributed by atoms with Crippen LogP contribution in [0.15, 0.2) is 24.3 Å². The highest BCUT2D eigenvalue weighted by Crippen LogP contribution is 2.25. The highest BCUT2D eigenvalue weighted by molar-refractivity contribution is 5.32. The molecule has 104 valence electrons. The molecule has 0 fully saturated rings.